The SMILES string of the molecule is COc1ccc(C2C(C(=O)C(C)C)=C(O)C(=O)N2c2ccc(C(C)(C)C)cc2)cc1. The van der Waals surface area contributed by atoms with Crippen LogP contribution in [0.25, 0.3) is 0 Å². The maximum absolute atomic E-state index is 13.1. The molecule has 1 aliphatic heterocycles. The van der Waals surface area contributed by atoms with Crippen LogP contribution in [0.3, 0.4) is 0 Å². The molecule has 0 fully saturated rings. The highest BCUT2D eigenvalue weighted by Crippen LogP contribution is 2.42. The molecule has 158 valence electrons. The fraction of sp³-hybridized carbons (Fsp3) is 0.360. The Morgan fingerprint density at radius 1 is 1.03 bits per heavy atom. The van der Waals surface area contributed by atoms with Gasteiger partial charge in [0.05, 0.1) is 18.7 Å². The van der Waals surface area contributed by atoms with E-state index in [1.165, 1.54) is 4.90 Å². The van der Waals surface area contributed by atoms with Crippen molar-refractivity contribution in [1.82, 2.24) is 0 Å². The van der Waals surface area contributed by atoms with E-state index in [9.17, 15) is 14.7 Å². The molecule has 30 heavy (non-hydrogen) atoms. The van der Waals surface area contributed by atoms with Gasteiger partial charge >= 0.3 is 0 Å². The molecule has 1 aliphatic rings. The van der Waals surface area contributed by atoms with Crippen LogP contribution >= 0.6 is 0 Å². The zero-order chi connectivity index (χ0) is 22.2. The van der Waals surface area contributed by atoms with Crippen LogP contribution in [0, 0.1) is 5.92 Å². The van der Waals surface area contributed by atoms with E-state index in [0.717, 1.165) is 11.1 Å². The number of carbonyl (C=O) groups excluding carboxylic acids is 2. The van der Waals surface area contributed by atoms with Crippen molar-refractivity contribution in [2.45, 2.75) is 46.1 Å². The third kappa shape index (κ3) is 3.84. The van der Waals surface area contributed by atoms with E-state index in [1.54, 1.807) is 33.1 Å². The summed E-state index contributed by atoms with van der Waals surface area (Å²) < 4.78 is 5.23. The van der Waals surface area contributed by atoms with Gasteiger partial charge in [-0.15, -0.1) is 0 Å². The fourth-order valence-corrected chi connectivity index (χ4v) is 3.66. The molecular formula is C25H29NO4. The summed E-state index contributed by atoms with van der Waals surface area (Å²) in [6.07, 6.45) is 0. The standard InChI is InChI=1S/C25H29NO4/c1-15(2)22(27)20-21(16-7-13-19(30-6)14-8-16)26(24(29)23(20)28)18-11-9-17(10-12-18)25(3,4)5/h7-15,21,28H,1-6H3. The number of ether oxygens (including phenoxy) is 1. The van der Waals surface area contributed by atoms with Gasteiger partial charge in [-0.05, 0) is 40.8 Å². The number of nitrogens with zero attached hydrogens (tertiary/aromatic N) is 1. The highest BCUT2D eigenvalue weighted by Gasteiger charge is 2.44. The van der Waals surface area contributed by atoms with Crippen LogP contribution < -0.4 is 9.64 Å². The van der Waals surface area contributed by atoms with Crippen molar-refractivity contribution < 1.29 is 19.4 Å². The Morgan fingerprint density at radius 2 is 1.60 bits per heavy atom. The molecule has 5 heteroatoms. The molecule has 3 rings (SSSR count). The lowest BCUT2D eigenvalue weighted by Crippen LogP contribution is -2.31. The smallest absolute Gasteiger partial charge is 0.294 e. The third-order valence-electron chi connectivity index (χ3n) is 5.44. The predicted octanol–water partition coefficient (Wildman–Crippen LogP) is 5.12. The third-order valence-corrected chi connectivity index (χ3v) is 5.44. The van der Waals surface area contributed by atoms with Gasteiger partial charge in [-0.1, -0.05) is 58.9 Å². The van der Waals surface area contributed by atoms with Crippen LogP contribution in [0.1, 0.15) is 51.8 Å². The van der Waals surface area contributed by atoms with Crippen LogP contribution in [0.2, 0.25) is 0 Å². The first-order valence-electron chi connectivity index (χ1n) is 10.1. The summed E-state index contributed by atoms with van der Waals surface area (Å²) >= 11 is 0. The second-order valence-corrected chi connectivity index (χ2v) is 8.93. The number of benzene rings is 2. The highest BCUT2D eigenvalue weighted by atomic mass is 16.5. The van der Waals surface area contributed by atoms with Crippen molar-refractivity contribution in [3.05, 3.63) is 71.0 Å². The van der Waals surface area contributed by atoms with E-state index in [2.05, 4.69) is 20.8 Å². The molecule has 0 bridgehead atoms. The van der Waals surface area contributed by atoms with Gasteiger partial charge in [0.25, 0.3) is 5.91 Å². The molecule has 0 saturated heterocycles. The van der Waals surface area contributed by atoms with Crippen LogP contribution in [0.4, 0.5) is 5.69 Å². The highest BCUT2D eigenvalue weighted by molar-refractivity contribution is 6.16. The normalized spacial score (nSPS) is 17.1. The van der Waals surface area contributed by atoms with Crippen molar-refractivity contribution in [3.8, 4) is 5.75 Å². The number of hydrogen-bond acceptors (Lipinski definition) is 4. The molecule has 2 aromatic rings. The first-order valence-corrected chi connectivity index (χ1v) is 10.1. The lowest BCUT2D eigenvalue weighted by atomic mass is 9.87. The van der Waals surface area contributed by atoms with Crippen molar-refractivity contribution in [2.24, 2.45) is 5.92 Å². The van der Waals surface area contributed by atoms with Crippen molar-refractivity contribution in [1.29, 1.82) is 0 Å². The lowest BCUT2D eigenvalue weighted by Gasteiger charge is -2.28. The first kappa shape index (κ1) is 21.6. The molecule has 0 saturated carbocycles. The van der Waals surface area contributed by atoms with Crippen LogP contribution in [0.15, 0.2) is 59.9 Å². The van der Waals surface area contributed by atoms with E-state index in [4.69, 9.17) is 4.74 Å². The molecular weight excluding hydrogens is 378 g/mol. The molecule has 1 unspecified atom stereocenters. The van der Waals surface area contributed by atoms with E-state index in [0.29, 0.717) is 11.4 Å². The Morgan fingerprint density at radius 3 is 2.07 bits per heavy atom. The molecule has 0 aromatic heterocycles. The van der Waals surface area contributed by atoms with Gasteiger partial charge in [0.1, 0.15) is 5.75 Å². The van der Waals surface area contributed by atoms with Gasteiger partial charge in [0, 0.05) is 11.6 Å². The summed E-state index contributed by atoms with van der Waals surface area (Å²) in [5, 5.41) is 10.7. The number of aliphatic hydroxyl groups excluding tert-OH is 1. The minimum atomic E-state index is -0.696. The molecule has 0 aliphatic carbocycles. The van der Waals surface area contributed by atoms with Crippen molar-refractivity contribution in [3.63, 3.8) is 0 Å². The van der Waals surface area contributed by atoms with E-state index in [-0.39, 0.29) is 22.7 Å². The Hall–Kier alpha value is -3.08. The summed E-state index contributed by atoms with van der Waals surface area (Å²) in [5.41, 5.74) is 2.61. The largest absolute Gasteiger partial charge is 0.503 e. The summed E-state index contributed by atoms with van der Waals surface area (Å²) in [5.74, 6) is -0.957. The average Bonchev–Trinajstić information content (AvgIpc) is 2.97. The van der Waals surface area contributed by atoms with Crippen LogP contribution in [0.5, 0.6) is 5.75 Å². The second kappa shape index (κ2) is 7.98. The lowest BCUT2D eigenvalue weighted by molar-refractivity contribution is -0.119. The Labute approximate surface area is 178 Å². The number of anilines is 1. The summed E-state index contributed by atoms with van der Waals surface area (Å²) in [6.45, 7) is 9.89. The monoisotopic (exact) mass is 407 g/mol. The molecule has 1 atom stereocenters. The minimum absolute atomic E-state index is 0.0257. The summed E-state index contributed by atoms with van der Waals surface area (Å²) in [4.78, 5) is 27.5. The summed E-state index contributed by atoms with van der Waals surface area (Å²) in [6, 6.07) is 14.2. The van der Waals surface area contributed by atoms with Crippen LogP contribution in [-0.4, -0.2) is 23.9 Å². The quantitative estimate of drug-likeness (QED) is 0.747. The number of ketones is 1. The number of Topliss-reactive ketones (excluding diaryl/α,β-unsaturated/α-hetero) is 1. The van der Waals surface area contributed by atoms with E-state index in [1.807, 2.05) is 36.4 Å². The number of carbonyl (C=O) groups is 2. The maximum Gasteiger partial charge on any atom is 0.294 e. The van der Waals surface area contributed by atoms with Crippen molar-refractivity contribution in [2.75, 3.05) is 12.0 Å². The predicted molar refractivity (Wildman–Crippen MR) is 118 cm³/mol. The molecule has 1 heterocycles. The fourth-order valence-electron chi connectivity index (χ4n) is 3.66. The number of rotatable bonds is 5. The number of hydrogen-bond donors (Lipinski definition) is 1. The first-order chi connectivity index (χ1) is 14.1. The number of amides is 1. The maximum atomic E-state index is 13.1. The van der Waals surface area contributed by atoms with Crippen molar-refractivity contribution >= 4 is 17.4 Å². The van der Waals surface area contributed by atoms with Gasteiger partial charge in [-0.25, -0.2) is 0 Å². The zero-order valence-electron chi connectivity index (χ0n) is 18.4. The van der Waals surface area contributed by atoms with E-state index >= 15 is 0 Å². The van der Waals surface area contributed by atoms with Gasteiger partial charge in [0.15, 0.2) is 11.5 Å². The molecule has 1 N–H and O–H groups in total. The van der Waals surface area contributed by atoms with Crippen LogP contribution in [-0.2, 0) is 15.0 Å². The van der Waals surface area contributed by atoms with Gasteiger partial charge in [-0.3, -0.25) is 14.5 Å². The molecule has 5 nitrogen and oxygen atoms in total. The van der Waals surface area contributed by atoms with E-state index < -0.39 is 17.7 Å². The average molecular weight is 408 g/mol. The van der Waals surface area contributed by atoms with Gasteiger partial charge in [-0.2, -0.15) is 0 Å². The molecule has 2 aromatic carbocycles. The zero-order valence-corrected chi connectivity index (χ0v) is 18.4. The Kier molecular flexibility index (Phi) is 5.75. The van der Waals surface area contributed by atoms with Gasteiger partial charge < -0.3 is 9.84 Å². The Balaban J connectivity index is 2.13. The second-order valence-electron chi connectivity index (χ2n) is 8.93. The topological polar surface area (TPSA) is 66.8 Å². The number of aliphatic hydroxyl groups is 1. The molecule has 0 spiro atoms. The number of methoxy groups -OCH3 is 1. The summed E-state index contributed by atoms with van der Waals surface area (Å²) in [7, 11) is 1.58. The van der Waals surface area contributed by atoms with Gasteiger partial charge in [0.2, 0.25) is 0 Å². The minimum Gasteiger partial charge on any atom is -0.503 e. The molecule has 1 amide bonds. The Bertz CT molecular complexity index is 979. The molecule has 0 radical (unpaired) electrons.